The molecule has 0 aromatic heterocycles. The van der Waals surface area contributed by atoms with Gasteiger partial charge in [-0.15, -0.1) is 0 Å². The number of nitrogens with one attached hydrogen (secondary N) is 1. The summed E-state index contributed by atoms with van der Waals surface area (Å²) in [4.78, 5) is 13.1. The summed E-state index contributed by atoms with van der Waals surface area (Å²) in [5.41, 5.74) is 2.73. The summed E-state index contributed by atoms with van der Waals surface area (Å²) in [6.07, 6.45) is 2.78. The predicted octanol–water partition coefficient (Wildman–Crippen LogP) is 5.05. The fraction of sp³-hybridized carbons (Fsp3) is 0.409. The van der Waals surface area contributed by atoms with Crippen LogP contribution < -0.4 is 10.1 Å². The molecule has 1 saturated carbocycles. The Labute approximate surface area is 150 Å². The Morgan fingerprint density at radius 2 is 1.68 bits per heavy atom. The van der Waals surface area contributed by atoms with Crippen LogP contribution in [0, 0.1) is 0 Å². The summed E-state index contributed by atoms with van der Waals surface area (Å²) in [6, 6.07) is 16.0. The van der Waals surface area contributed by atoms with E-state index in [1.54, 1.807) is 7.11 Å². The maximum Gasteiger partial charge on any atom is 0.235 e. The van der Waals surface area contributed by atoms with Crippen LogP contribution in [-0.4, -0.2) is 13.0 Å². The molecule has 3 heteroatoms. The van der Waals surface area contributed by atoms with Gasteiger partial charge in [-0.05, 0) is 42.0 Å². The van der Waals surface area contributed by atoms with E-state index in [4.69, 9.17) is 4.74 Å². The minimum Gasteiger partial charge on any atom is -0.496 e. The van der Waals surface area contributed by atoms with E-state index in [2.05, 4.69) is 38.2 Å². The van der Waals surface area contributed by atoms with Crippen LogP contribution in [-0.2, 0) is 15.6 Å². The van der Waals surface area contributed by atoms with Crippen LogP contribution in [0.15, 0.2) is 48.5 Å². The molecule has 0 bridgehead atoms. The molecule has 2 aromatic rings. The quantitative estimate of drug-likeness (QED) is 0.847. The number of rotatable bonds is 4. The van der Waals surface area contributed by atoms with E-state index in [0.717, 1.165) is 36.3 Å². The van der Waals surface area contributed by atoms with E-state index in [9.17, 15) is 4.79 Å². The van der Waals surface area contributed by atoms with Gasteiger partial charge in [0.1, 0.15) is 5.75 Å². The summed E-state index contributed by atoms with van der Waals surface area (Å²) in [7, 11) is 1.66. The molecule has 0 aliphatic heterocycles. The Balaban J connectivity index is 1.84. The van der Waals surface area contributed by atoms with Crippen molar-refractivity contribution >= 4 is 11.6 Å². The lowest BCUT2D eigenvalue weighted by molar-refractivity contribution is -0.124. The fourth-order valence-corrected chi connectivity index (χ4v) is 3.49. The maximum atomic E-state index is 13.1. The number of carbonyl (C=O) groups is 1. The van der Waals surface area contributed by atoms with Gasteiger partial charge in [-0.2, -0.15) is 0 Å². The second-order valence-corrected chi connectivity index (χ2v) is 7.92. The summed E-state index contributed by atoms with van der Waals surface area (Å²) < 4.78 is 5.50. The number of benzene rings is 2. The molecule has 0 atom stereocenters. The van der Waals surface area contributed by atoms with Crippen molar-refractivity contribution in [1.82, 2.24) is 0 Å². The van der Waals surface area contributed by atoms with Gasteiger partial charge in [0.05, 0.1) is 12.5 Å². The Morgan fingerprint density at radius 1 is 1.04 bits per heavy atom. The van der Waals surface area contributed by atoms with Crippen LogP contribution in [0.5, 0.6) is 5.75 Å². The van der Waals surface area contributed by atoms with Crippen molar-refractivity contribution < 1.29 is 9.53 Å². The van der Waals surface area contributed by atoms with Gasteiger partial charge in [-0.1, -0.05) is 57.5 Å². The van der Waals surface area contributed by atoms with Crippen molar-refractivity contribution in [2.24, 2.45) is 0 Å². The zero-order valence-electron chi connectivity index (χ0n) is 15.6. The smallest absolute Gasteiger partial charge is 0.235 e. The van der Waals surface area contributed by atoms with Gasteiger partial charge in [0.25, 0.3) is 0 Å². The van der Waals surface area contributed by atoms with E-state index < -0.39 is 5.41 Å². The molecule has 0 unspecified atom stereocenters. The lowest BCUT2D eigenvalue weighted by Crippen LogP contribution is -2.46. The molecule has 1 fully saturated rings. The Kier molecular flexibility index (Phi) is 4.59. The third kappa shape index (κ3) is 3.28. The second-order valence-electron chi connectivity index (χ2n) is 7.92. The Morgan fingerprint density at radius 3 is 2.20 bits per heavy atom. The minimum atomic E-state index is -0.477. The summed E-state index contributed by atoms with van der Waals surface area (Å²) >= 11 is 0. The molecule has 1 N–H and O–H groups in total. The molecule has 3 rings (SSSR count). The molecule has 132 valence electrons. The lowest BCUT2D eigenvalue weighted by atomic mass is 9.63. The molecule has 3 nitrogen and oxygen atoms in total. The first-order valence-corrected chi connectivity index (χ1v) is 8.92. The monoisotopic (exact) mass is 337 g/mol. The van der Waals surface area contributed by atoms with Crippen molar-refractivity contribution in [2.45, 2.75) is 50.9 Å². The minimum absolute atomic E-state index is 0.0618. The van der Waals surface area contributed by atoms with E-state index in [-0.39, 0.29) is 11.3 Å². The highest BCUT2D eigenvalue weighted by Crippen LogP contribution is 2.47. The van der Waals surface area contributed by atoms with Crippen LogP contribution in [0.25, 0.3) is 0 Å². The molecule has 0 spiro atoms. The average molecular weight is 337 g/mol. The zero-order chi connectivity index (χ0) is 18.1. The number of methoxy groups -OCH3 is 1. The van der Waals surface area contributed by atoms with Crippen LogP contribution in [0.1, 0.15) is 51.2 Å². The van der Waals surface area contributed by atoms with Crippen molar-refractivity contribution in [3.8, 4) is 5.75 Å². The first kappa shape index (κ1) is 17.5. The molecule has 25 heavy (non-hydrogen) atoms. The van der Waals surface area contributed by atoms with Gasteiger partial charge in [0, 0.05) is 11.3 Å². The summed E-state index contributed by atoms with van der Waals surface area (Å²) in [5.74, 6) is 0.854. The van der Waals surface area contributed by atoms with Crippen LogP contribution in [0.4, 0.5) is 5.69 Å². The van der Waals surface area contributed by atoms with E-state index in [1.807, 2.05) is 36.4 Å². The summed E-state index contributed by atoms with van der Waals surface area (Å²) in [6.45, 7) is 6.56. The van der Waals surface area contributed by atoms with Gasteiger partial charge in [-0.3, -0.25) is 4.79 Å². The fourth-order valence-electron chi connectivity index (χ4n) is 3.49. The SMILES string of the molecule is COc1ccccc1C1(C(=O)Nc2ccc(C(C)(C)C)cc2)CCC1. The number of anilines is 1. The van der Waals surface area contributed by atoms with Crippen molar-refractivity contribution in [3.05, 3.63) is 59.7 Å². The largest absolute Gasteiger partial charge is 0.496 e. The number of para-hydroxylation sites is 1. The van der Waals surface area contributed by atoms with Gasteiger partial charge < -0.3 is 10.1 Å². The molecule has 2 aromatic carbocycles. The highest BCUT2D eigenvalue weighted by atomic mass is 16.5. The van der Waals surface area contributed by atoms with Crippen LogP contribution in [0.2, 0.25) is 0 Å². The number of ether oxygens (including phenoxy) is 1. The molecule has 0 radical (unpaired) electrons. The topological polar surface area (TPSA) is 38.3 Å². The average Bonchev–Trinajstić information content (AvgIpc) is 2.54. The first-order valence-electron chi connectivity index (χ1n) is 8.92. The molecule has 0 saturated heterocycles. The molecule has 1 aliphatic rings. The first-order chi connectivity index (χ1) is 11.9. The molecular weight excluding hydrogens is 310 g/mol. The van der Waals surface area contributed by atoms with Crippen molar-refractivity contribution in [1.29, 1.82) is 0 Å². The normalized spacial score (nSPS) is 16.0. The highest BCUT2D eigenvalue weighted by molar-refractivity contribution is 6.00. The van der Waals surface area contributed by atoms with Gasteiger partial charge in [0.2, 0.25) is 5.91 Å². The van der Waals surface area contributed by atoms with E-state index in [0.29, 0.717) is 0 Å². The number of carbonyl (C=O) groups excluding carboxylic acids is 1. The second kappa shape index (κ2) is 6.55. The lowest BCUT2D eigenvalue weighted by Gasteiger charge is -2.41. The predicted molar refractivity (Wildman–Crippen MR) is 102 cm³/mol. The van der Waals surface area contributed by atoms with Gasteiger partial charge in [0.15, 0.2) is 0 Å². The number of hydrogen-bond acceptors (Lipinski definition) is 2. The Bertz CT molecular complexity index is 752. The molecular formula is C22H27NO2. The highest BCUT2D eigenvalue weighted by Gasteiger charge is 2.47. The maximum absolute atomic E-state index is 13.1. The third-order valence-corrected chi connectivity index (χ3v) is 5.27. The van der Waals surface area contributed by atoms with Gasteiger partial charge >= 0.3 is 0 Å². The van der Waals surface area contributed by atoms with E-state index in [1.165, 1.54) is 5.56 Å². The van der Waals surface area contributed by atoms with Crippen LogP contribution in [0.3, 0.4) is 0 Å². The number of amides is 1. The van der Waals surface area contributed by atoms with Crippen molar-refractivity contribution in [2.75, 3.05) is 12.4 Å². The molecule has 0 heterocycles. The Hall–Kier alpha value is -2.29. The molecule has 1 amide bonds. The summed E-state index contributed by atoms with van der Waals surface area (Å²) in [5, 5.41) is 3.12. The zero-order valence-corrected chi connectivity index (χ0v) is 15.6. The molecule has 1 aliphatic carbocycles. The van der Waals surface area contributed by atoms with Crippen molar-refractivity contribution in [3.63, 3.8) is 0 Å². The third-order valence-electron chi connectivity index (χ3n) is 5.27. The number of hydrogen-bond donors (Lipinski definition) is 1. The van der Waals surface area contributed by atoms with E-state index >= 15 is 0 Å². The van der Waals surface area contributed by atoms with Crippen LogP contribution >= 0.6 is 0 Å². The van der Waals surface area contributed by atoms with Gasteiger partial charge in [-0.25, -0.2) is 0 Å². The standard InChI is InChI=1S/C22H27NO2/c1-21(2,3)16-10-12-17(13-11-16)23-20(24)22(14-7-15-22)18-8-5-6-9-19(18)25-4/h5-6,8-13H,7,14-15H2,1-4H3,(H,23,24).